The second-order valence-corrected chi connectivity index (χ2v) is 19.6. The zero-order valence-corrected chi connectivity index (χ0v) is 46.8. The van der Waals surface area contributed by atoms with Gasteiger partial charge in [0, 0.05) is 12.8 Å². The first-order chi connectivity index (χ1) is 36.6. The molecule has 0 aromatic carbocycles. The van der Waals surface area contributed by atoms with Gasteiger partial charge in [0.2, 0.25) is 0 Å². The summed E-state index contributed by atoms with van der Waals surface area (Å²) in [4.78, 5) is 51.0. The smallest absolute Gasteiger partial charge is 0.335 e. The van der Waals surface area contributed by atoms with E-state index < -0.39 is 67.3 Å². The number of rotatable bonds is 48. The molecule has 6 atom stereocenters. The summed E-state index contributed by atoms with van der Waals surface area (Å²) in [5.41, 5.74) is 0. The highest BCUT2D eigenvalue weighted by molar-refractivity contribution is 5.74. The van der Waals surface area contributed by atoms with Crippen molar-refractivity contribution in [1.82, 2.24) is 0 Å². The molecule has 12 heteroatoms. The van der Waals surface area contributed by atoms with Gasteiger partial charge in [-0.25, -0.2) is 4.79 Å². The number of carboxylic acid groups (broad SMARTS) is 1. The topological polar surface area (TPSA) is 175 Å². The second kappa shape index (κ2) is 50.5. The summed E-state index contributed by atoms with van der Waals surface area (Å²) in [6.45, 7) is 5.78. The lowest BCUT2D eigenvalue weighted by molar-refractivity contribution is -0.301. The number of aliphatic carboxylic acids is 1. The van der Waals surface area contributed by atoms with Crippen molar-refractivity contribution in [3.05, 3.63) is 97.2 Å². The molecule has 1 saturated heterocycles. The molecule has 0 bridgehead atoms. The Morgan fingerprint density at radius 2 is 0.880 bits per heavy atom. The van der Waals surface area contributed by atoms with Crippen molar-refractivity contribution in [1.29, 1.82) is 0 Å². The van der Waals surface area contributed by atoms with Crippen LogP contribution in [0.15, 0.2) is 97.2 Å². The number of carboxylic acids is 1. The normalized spacial score (nSPS) is 18.9. The molecule has 0 amide bonds. The van der Waals surface area contributed by atoms with Gasteiger partial charge in [0.05, 0.1) is 13.0 Å². The summed E-state index contributed by atoms with van der Waals surface area (Å²) in [5, 5.41) is 31.4. The zero-order valence-electron chi connectivity index (χ0n) is 46.8. The molecule has 1 aliphatic heterocycles. The number of carbonyl (C=O) groups is 4. The van der Waals surface area contributed by atoms with E-state index in [1.807, 2.05) is 12.2 Å². The highest BCUT2D eigenvalue weighted by atomic mass is 16.7. The van der Waals surface area contributed by atoms with Crippen LogP contribution in [-0.4, -0.2) is 89.2 Å². The van der Waals surface area contributed by atoms with E-state index in [9.17, 15) is 34.5 Å². The number of aliphatic hydroxyl groups is 2. The van der Waals surface area contributed by atoms with E-state index in [1.54, 1.807) is 12.2 Å². The molecule has 3 N–H and O–H groups in total. The minimum absolute atomic E-state index is 0.147. The summed E-state index contributed by atoms with van der Waals surface area (Å²) in [7, 11) is 0. The minimum Gasteiger partial charge on any atom is -0.479 e. The Labute approximate surface area is 453 Å². The Balaban J connectivity index is 2.73. The Morgan fingerprint density at radius 1 is 0.467 bits per heavy atom. The molecule has 1 fully saturated rings. The van der Waals surface area contributed by atoms with Crippen LogP contribution in [0.5, 0.6) is 0 Å². The lowest BCUT2D eigenvalue weighted by Gasteiger charge is -2.40. The SMILES string of the molecule is CC/C=C\C/C=C\C/C=C\C/C=C\C/C=C\CC(=O)OC1C(OCC(COC(=O)CCCCCCCC/C=C\C/C=C\C/C=C\CCCCC)OC(=O)CCCCCCCCCCCCC)OC(C(=O)O)C(O)C1O. The maximum atomic E-state index is 13.1. The van der Waals surface area contributed by atoms with Crippen molar-refractivity contribution in [2.24, 2.45) is 0 Å². The van der Waals surface area contributed by atoms with Gasteiger partial charge in [-0.3, -0.25) is 14.4 Å². The van der Waals surface area contributed by atoms with Crippen LogP contribution in [0.1, 0.15) is 226 Å². The summed E-state index contributed by atoms with van der Waals surface area (Å²) in [6, 6.07) is 0. The van der Waals surface area contributed by atoms with Gasteiger partial charge in [-0.05, 0) is 83.5 Å². The number of hydrogen-bond donors (Lipinski definition) is 3. The Hall–Kier alpha value is -4.36. The third-order valence-corrected chi connectivity index (χ3v) is 12.7. The van der Waals surface area contributed by atoms with Crippen molar-refractivity contribution in [2.45, 2.75) is 263 Å². The molecule has 0 aromatic rings. The molecular formula is C63H102O12. The molecular weight excluding hydrogens is 949 g/mol. The number of ether oxygens (including phenoxy) is 5. The first-order valence-electron chi connectivity index (χ1n) is 29.2. The molecule has 12 nitrogen and oxygen atoms in total. The number of unbranched alkanes of at least 4 members (excludes halogenated alkanes) is 19. The van der Waals surface area contributed by atoms with Gasteiger partial charge in [0.25, 0.3) is 0 Å². The van der Waals surface area contributed by atoms with Crippen LogP contribution >= 0.6 is 0 Å². The second-order valence-electron chi connectivity index (χ2n) is 19.6. The number of hydrogen-bond acceptors (Lipinski definition) is 11. The summed E-state index contributed by atoms with van der Waals surface area (Å²) in [5.74, 6) is -3.30. The Morgan fingerprint density at radius 3 is 1.37 bits per heavy atom. The number of carbonyl (C=O) groups excluding carboxylic acids is 3. The van der Waals surface area contributed by atoms with Gasteiger partial charge < -0.3 is 39.0 Å². The molecule has 1 heterocycles. The van der Waals surface area contributed by atoms with Crippen LogP contribution in [0.25, 0.3) is 0 Å². The van der Waals surface area contributed by atoms with Crippen LogP contribution in [0.3, 0.4) is 0 Å². The van der Waals surface area contributed by atoms with Crippen molar-refractivity contribution >= 4 is 23.9 Å². The Bertz CT molecular complexity index is 1670. The van der Waals surface area contributed by atoms with Crippen LogP contribution in [0.4, 0.5) is 0 Å². The molecule has 1 rings (SSSR count). The van der Waals surface area contributed by atoms with Gasteiger partial charge in [-0.1, -0.05) is 221 Å². The van der Waals surface area contributed by atoms with E-state index in [0.717, 1.165) is 96.3 Å². The van der Waals surface area contributed by atoms with E-state index in [-0.39, 0.29) is 25.9 Å². The van der Waals surface area contributed by atoms with Gasteiger partial charge in [0.15, 0.2) is 24.6 Å². The van der Waals surface area contributed by atoms with Gasteiger partial charge in [0.1, 0.15) is 18.8 Å². The number of aliphatic hydroxyl groups excluding tert-OH is 2. The minimum atomic E-state index is -1.94. The molecule has 426 valence electrons. The highest BCUT2D eigenvalue weighted by Crippen LogP contribution is 2.26. The third-order valence-electron chi connectivity index (χ3n) is 12.7. The van der Waals surface area contributed by atoms with Crippen LogP contribution in [0, 0.1) is 0 Å². The highest BCUT2D eigenvalue weighted by Gasteiger charge is 2.50. The maximum Gasteiger partial charge on any atom is 0.335 e. The molecule has 6 unspecified atom stereocenters. The van der Waals surface area contributed by atoms with Crippen LogP contribution in [0.2, 0.25) is 0 Å². The largest absolute Gasteiger partial charge is 0.479 e. The molecule has 0 spiro atoms. The standard InChI is InChI=1S/C63H102O12/c1-4-7-10-13-16-19-22-24-26-27-28-29-31-32-35-37-40-43-46-49-55(64)71-52-54(73-56(65)50-47-44-41-38-34-21-18-15-12-9-6-3)53-72-63-61(59(68)58(67)60(75-63)62(69)70)74-57(66)51-48-45-42-39-36-33-30-25-23-20-17-14-11-8-5-2/h8,11,16-17,19-20,24-26,28-30,36,39,45,48,54,58-61,63,67-68H,4-7,9-10,12-15,18,21-23,27,31-35,37-38,40-44,46-47,49-53H2,1-3H3,(H,69,70)/b11-8-,19-16-,20-17-,26-24-,29-28-,30-25-,39-36-,48-45-. The first-order valence-corrected chi connectivity index (χ1v) is 29.2. The molecule has 0 aromatic heterocycles. The van der Waals surface area contributed by atoms with Crippen LogP contribution in [-0.2, 0) is 42.9 Å². The maximum absolute atomic E-state index is 13.1. The molecule has 0 saturated carbocycles. The quantitative estimate of drug-likeness (QED) is 0.0228. The van der Waals surface area contributed by atoms with Crippen LogP contribution < -0.4 is 0 Å². The fourth-order valence-electron chi connectivity index (χ4n) is 8.21. The zero-order chi connectivity index (χ0) is 54.7. The van der Waals surface area contributed by atoms with E-state index in [1.165, 1.54) is 70.6 Å². The lowest BCUT2D eigenvalue weighted by atomic mass is 9.98. The third kappa shape index (κ3) is 40.6. The Kier molecular flexibility index (Phi) is 46.2. The van der Waals surface area contributed by atoms with E-state index >= 15 is 0 Å². The summed E-state index contributed by atoms with van der Waals surface area (Å²) >= 11 is 0. The first kappa shape index (κ1) is 68.7. The van der Waals surface area contributed by atoms with Crippen molar-refractivity contribution in [3.8, 4) is 0 Å². The predicted molar refractivity (Wildman–Crippen MR) is 303 cm³/mol. The summed E-state index contributed by atoms with van der Waals surface area (Å²) < 4.78 is 28.2. The van der Waals surface area contributed by atoms with Crippen molar-refractivity contribution < 1.29 is 58.2 Å². The van der Waals surface area contributed by atoms with E-state index in [4.69, 9.17) is 23.7 Å². The van der Waals surface area contributed by atoms with Crippen molar-refractivity contribution in [3.63, 3.8) is 0 Å². The molecule has 75 heavy (non-hydrogen) atoms. The monoisotopic (exact) mass is 1050 g/mol. The fraction of sp³-hybridized carbons (Fsp3) is 0.683. The number of allylic oxidation sites excluding steroid dienone is 15. The average molecular weight is 1050 g/mol. The van der Waals surface area contributed by atoms with Gasteiger partial charge >= 0.3 is 23.9 Å². The molecule has 1 aliphatic rings. The van der Waals surface area contributed by atoms with Crippen molar-refractivity contribution in [2.75, 3.05) is 13.2 Å². The lowest BCUT2D eigenvalue weighted by Crippen LogP contribution is -2.61. The van der Waals surface area contributed by atoms with Gasteiger partial charge in [-0.15, -0.1) is 0 Å². The van der Waals surface area contributed by atoms with Gasteiger partial charge in [-0.2, -0.15) is 0 Å². The fourth-order valence-corrected chi connectivity index (χ4v) is 8.21. The average Bonchev–Trinajstić information content (AvgIpc) is 3.39. The predicted octanol–water partition coefficient (Wildman–Crippen LogP) is 14.9. The van der Waals surface area contributed by atoms with E-state index in [0.29, 0.717) is 19.3 Å². The number of esters is 3. The van der Waals surface area contributed by atoms with E-state index in [2.05, 4.69) is 93.7 Å². The molecule has 0 radical (unpaired) electrons. The molecule has 0 aliphatic carbocycles. The summed E-state index contributed by atoms with van der Waals surface area (Å²) in [6.07, 6.45) is 54.1.